The van der Waals surface area contributed by atoms with Crippen molar-refractivity contribution < 1.29 is 13.7 Å². The van der Waals surface area contributed by atoms with Gasteiger partial charge in [0.05, 0.1) is 6.26 Å². The Morgan fingerprint density at radius 3 is 2.92 bits per heavy atom. The number of benzene rings is 1. The molecule has 7 heteroatoms. The molecule has 2 heterocycles. The number of anilines is 1. The van der Waals surface area contributed by atoms with Crippen molar-refractivity contribution in [3.05, 3.63) is 54.3 Å². The van der Waals surface area contributed by atoms with Crippen molar-refractivity contribution in [2.24, 2.45) is 0 Å². The molecule has 0 aliphatic heterocycles. The van der Waals surface area contributed by atoms with E-state index in [4.69, 9.17) is 8.94 Å². The lowest BCUT2D eigenvalue weighted by molar-refractivity contribution is 0.249. The molecule has 7 nitrogen and oxygen atoms in total. The molecule has 1 aromatic carbocycles. The fourth-order valence-electron chi connectivity index (χ4n) is 2.19. The molecule has 0 saturated carbocycles. The number of aromatic nitrogens is 2. The van der Waals surface area contributed by atoms with E-state index in [1.807, 2.05) is 32.0 Å². The number of hydrogen-bond acceptors (Lipinski definition) is 5. The van der Waals surface area contributed by atoms with Gasteiger partial charge >= 0.3 is 6.03 Å². The predicted molar refractivity (Wildman–Crippen MR) is 99.3 cm³/mol. The van der Waals surface area contributed by atoms with E-state index in [1.165, 1.54) is 0 Å². The van der Waals surface area contributed by atoms with Crippen LogP contribution in [0.3, 0.4) is 0 Å². The fraction of sp³-hybridized carbons (Fsp3) is 0.211. The van der Waals surface area contributed by atoms with Gasteiger partial charge in [0, 0.05) is 23.4 Å². The van der Waals surface area contributed by atoms with Crippen molar-refractivity contribution in [1.82, 2.24) is 15.5 Å². The number of nitrogens with zero attached hydrogens (tertiary/aromatic N) is 2. The van der Waals surface area contributed by atoms with E-state index in [0.717, 1.165) is 12.0 Å². The fourth-order valence-corrected chi connectivity index (χ4v) is 2.19. The van der Waals surface area contributed by atoms with Crippen LogP contribution in [-0.4, -0.2) is 22.2 Å². The molecule has 26 heavy (non-hydrogen) atoms. The highest BCUT2D eigenvalue weighted by Crippen LogP contribution is 2.20. The molecule has 0 saturated heterocycles. The zero-order valence-electron chi connectivity index (χ0n) is 14.6. The van der Waals surface area contributed by atoms with Crippen molar-refractivity contribution in [2.75, 3.05) is 5.32 Å². The second-order valence-electron chi connectivity index (χ2n) is 5.79. The van der Waals surface area contributed by atoms with Gasteiger partial charge in [-0.3, -0.25) is 0 Å². The predicted octanol–water partition coefficient (Wildman–Crippen LogP) is 4.42. The molecule has 1 atom stereocenters. The minimum absolute atomic E-state index is 0.110. The molecule has 3 rings (SSSR count). The number of carbonyl (C=O) groups excluding carboxylic acids is 1. The van der Waals surface area contributed by atoms with Crippen molar-refractivity contribution in [3.63, 3.8) is 0 Å². The van der Waals surface area contributed by atoms with Gasteiger partial charge in [0.1, 0.15) is 5.76 Å². The van der Waals surface area contributed by atoms with Crippen LogP contribution in [-0.2, 0) is 0 Å². The molecule has 3 aromatic rings. The standard InChI is InChI=1S/C19H20N4O3/c1-3-13(2)20-19(24)21-15-7-4-6-14(12-15)18-22-17(26-23-18)10-9-16-8-5-11-25-16/h4-13H,3H2,1-2H3,(H2,20,21,24)/b10-9+/t13-/m1/s1. The summed E-state index contributed by atoms with van der Waals surface area (Å²) in [5, 5.41) is 9.63. The third-order valence-corrected chi connectivity index (χ3v) is 3.74. The van der Waals surface area contributed by atoms with Gasteiger partial charge in [-0.05, 0) is 43.7 Å². The van der Waals surface area contributed by atoms with Gasteiger partial charge in [0.25, 0.3) is 5.89 Å². The van der Waals surface area contributed by atoms with Gasteiger partial charge in [-0.15, -0.1) is 0 Å². The summed E-state index contributed by atoms with van der Waals surface area (Å²) in [7, 11) is 0. The van der Waals surface area contributed by atoms with Crippen molar-refractivity contribution in [3.8, 4) is 11.4 Å². The van der Waals surface area contributed by atoms with Crippen molar-refractivity contribution >= 4 is 23.9 Å². The second-order valence-corrected chi connectivity index (χ2v) is 5.79. The average molecular weight is 352 g/mol. The van der Waals surface area contributed by atoms with E-state index in [1.54, 1.807) is 36.6 Å². The van der Waals surface area contributed by atoms with E-state index in [9.17, 15) is 4.79 Å². The molecule has 0 fully saturated rings. The zero-order valence-corrected chi connectivity index (χ0v) is 14.6. The first-order chi connectivity index (χ1) is 12.6. The maximum absolute atomic E-state index is 11.9. The molecule has 2 N–H and O–H groups in total. The largest absolute Gasteiger partial charge is 0.465 e. The van der Waals surface area contributed by atoms with E-state index < -0.39 is 0 Å². The Labute approximate surface area is 151 Å². The van der Waals surface area contributed by atoms with Gasteiger partial charge in [0.15, 0.2) is 0 Å². The third-order valence-electron chi connectivity index (χ3n) is 3.74. The maximum Gasteiger partial charge on any atom is 0.319 e. The van der Waals surface area contributed by atoms with Gasteiger partial charge in [-0.25, -0.2) is 4.79 Å². The molecule has 2 aromatic heterocycles. The number of rotatable bonds is 6. The minimum atomic E-state index is -0.244. The number of hydrogen-bond donors (Lipinski definition) is 2. The Morgan fingerprint density at radius 2 is 2.15 bits per heavy atom. The second kappa shape index (κ2) is 8.15. The molecular formula is C19H20N4O3. The van der Waals surface area contributed by atoms with E-state index in [-0.39, 0.29) is 12.1 Å². The average Bonchev–Trinajstić information content (AvgIpc) is 3.31. The molecule has 0 spiro atoms. The summed E-state index contributed by atoms with van der Waals surface area (Å²) in [6.07, 6.45) is 5.88. The lowest BCUT2D eigenvalue weighted by atomic mass is 10.2. The summed E-state index contributed by atoms with van der Waals surface area (Å²) >= 11 is 0. The van der Waals surface area contributed by atoms with Crippen LogP contribution in [0.2, 0.25) is 0 Å². The topological polar surface area (TPSA) is 93.2 Å². The lowest BCUT2D eigenvalue weighted by Gasteiger charge is -2.12. The van der Waals surface area contributed by atoms with Crippen molar-refractivity contribution in [1.29, 1.82) is 0 Å². The van der Waals surface area contributed by atoms with E-state index in [0.29, 0.717) is 23.2 Å². The van der Waals surface area contributed by atoms with Crippen LogP contribution in [0.5, 0.6) is 0 Å². The minimum Gasteiger partial charge on any atom is -0.465 e. The van der Waals surface area contributed by atoms with Crippen LogP contribution < -0.4 is 10.6 Å². The Kier molecular flexibility index (Phi) is 5.48. The van der Waals surface area contributed by atoms with Gasteiger partial charge < -0.3 is 19.6 Å². The first kappa shape index (κ1) is 17.5. The summed E-state index contributed by atoms with van der Waals surface area (Å²) in [4.78, 5) is 16.3. The quantitative estimate of drug-likeness (QED) is 0.685. The van der Waals surface area contributed by atoms with Crippen LogP contribution in [0, 0.1) is 0 Å². The Bertz CT molecular complexity index is 884. The zero-order chi connectivity index (χ0) is 18.4. The maximum atomic E-state index is 11.9. The number of nitrogens with one attached hydrogen (secondary N) is 2. The summed E-state index contributed by atoms with van der Waals surface area (Å²) in [6.45, 7) is 3.97. The number of carbonyl (C=O) groups is 1. The SMILES string of the molecule is CC[C@@H](C)NC(=O)Nc1cccc(-c2noc(/C=C/c3ccco3)n2)c1. The first-order valence-electron chi connectivity index (χ1n) is 8.37. The van der Waals surface area contributed by atoms with Gasteiger partial charge in [0.2, 0.25) is 5.82 Å². The smallest absolute Gasteiger partial charge is 0.319 e. The summed E-state index contributed by atoms with van der Waals surface area (Å²) in [5.41, 5.74) is 1.40. The van der Waals surface area contributed by atoms with Crippen LogP contribution in [0.1, 0.15) is 31.9 Å². The number of urea groups is 1. The molecular weight excluding hydrogens is 332 g/mol. The van der Waals surface area contributed by atoms with Gasteiger partial charge in [-0.2, -0.15) is 4.98 Å². The Morgan fingerprint density at radius 1 is 1.27 bits per heavy atom. The summed E-state index contributed by atoms with van der Waals surface area (Å²) in [6, 6.07) is 10.8. The summed E-state index contributed by atoms with van der Waals surface area (Å²) in [5.74, 6) is 1.50. The van der Waals surface area contributed by atoms with Gasteiger partial charge in [-0.1, -0.05) is 24.2 Å². The highest BCUT2D eigenvalue weighted by atomic mass is 16.5. The monoisotopic (exact) mass is 352 g/mol. The molecule has 2 amide bonds. The van der Waals surface area contributed by atoms with Crippen molar-refractivity contribution in [2.45, 2.75) is 26.3 Å². The molecule has 0 unspecified atom stereocenters. The molecule has 0 aliphatic rings. The highest BCUT2D eigenvalue weighted by Gasteiger charge is 2.09. The molecule has 134 valence electrons. The van der Waals surface area contributed by atoms with Crippen LogP contribution >= 0.6 is 0 Å². The van der Waals surface area contributed by atoms with E-state index >= 15 is 0 Å². The third kappa shape index (κ3) is 4.60. The summed E-state index contributed by atoms with van der Waals surface area (Å²) < 4.78 is 10.4. The lowest BCUT2D eigenvalue weighted by Crippen LogP contribution is -2.35. The van der Waals surface area contributed by atoms with E-state index in [2.05, 4.69) is 20.8 Å². The molecule has 0 aliphatic carbocycles. The highest BCUT2D eigenvalue weighted by molar-refractivity contribution is 5.90. The normalized spacial score (nSPS) is 12.2. The Hall–Kier alpha value is -3.35. The van der Waals surface area contributed by atoms with Crippen LogP contribution in [0.15, 0.2) is 51.6 Å². The Balaban J connectivity index is 1.69. The van der Waals surface area contributed by atoms with Crippen LogP contribution in [0.25, 0.3) is 23.5 Å². The number of furan rings is 1. The molecule has 0 radical (unpaired) electrons. The molecule has 0 bridgehead atoms. The first-order valence-corrected chi connectivity index (χ1v) is 8.37. The number of amides is 2. The van der Waals surface area contributed by atoms with Crippen LogP contribution in [0.4, 0.5) is 10.5 Å².